The summed E-state index contributed by atoms with van der Waals surface area (Å²) in [5, 5.41) is 9.05. The fraction of sp³-hybridized carbons (Fsp3) is 0.545. The van der Waals surface area contributed by atoms with Crippen LogP contribution in [0, 0.1) is 0 Å². The summed E-state index contributed by atoms with van der Waals surface area (Å²) in [6.07, 6.45) is -3.09. The van der Waals surface area contributed by atoms with Crippen molar-refractivity contribution in [3.8, 4) is 0 Å². The first kappa shape index (κ1) is 14.0. The number of alkyl halides is 3. The molecule has 0 bridgehead atoms. The van der Waals surface area contributed by atoms with Crippen molar-refractivity contribution in [2.45, 2.75) is 31.3 Å². The highest BCUT2D eigenvalue weighted by atomic mass is 19.4. The van der Waals surface area contributed by atoms with Crippen molar-refractivity contribution in [2.75, 3.05) is 12.3 Å². The van der Waals surface area contributed by atoms with E-state index in [1.54, 1.807) is 0 Å². The molecule has 1 aliphatic heterocycles. The number of hydrogen-bond donors (Lipinski definition) is 2. The molecule has 0 radical (unpaired) electrons. The zero-order chi connectivity index (χ0) is 15.2. The largest absolute Gasteiger partial charge is 0.451 e. The Morgan fingerprint density at radius 3 is 2.76 bits per heavy atom. The van der Waals surface area contributed by atoms with Crippen LogP contribution in [0.1, 0.15) is 24.9 Å². The number of fused-ring (bicyclic) bond motifs is 1. The molecule has 2 aromatic heterocycles. The Morgan fingerprint density at radius 2 is 2.14 bits per heavy atom. The monoisotopic (exact) mass is 303 g/mol. The summed E-state index contributed by atoms with van der Waals surface area (Å²) in [5.41, 5.74) is 5.58. The number of nitrogen functional groups attached to an aromatic ring is 1. The lowest BCUT2D eigenvalue weighted by Gasteiger charge is -2.14. The SMILES string of the molecule is Nc1nc(C(F)(F)F)nc2c1ncn2[C@H]1CC[C@@H](CO)O1. The number of ether oxygens (including phenoxy) is 1. The van der Waals surface area contributed by atoms with E-state index in [-0.39, 0.29) is 29.7 Å². The average Bonchev–Trinajstić information content (AvgIpc) is 3.03. The molecule has 2 aromatic rings. The molecule has 1 saturated heterocycles. The number of aromatic nitrogens is 4. The second kappa shape index (κ2) is 4.81. The molecule has 0 spiro atoms. The number of aliphatic hydroxyl groups excluding tert-OH is 1. The van der Waals surface area contributed by atoms with Crippen LogP contribution < -0.4 is 5.73 Å². The number of anilines is 1. The number of halogens is 3. The number of nitrogens with two attached hydrogens (primary N) is 1. The van der Waals surface area contributed by atoms with E-state index in [1.807, 2.05) is 0 Å². The lowest BCUT2D eigenvalue weighted by molar-refractivity contribution is -0.144. The molecule has 0 aromatic carbocycles. The Bertz CT molecular complexity index is 672. The summed E-state index contributed by atoms with van der Waals surface area (Å²) >= 11 is 0. The normalized spacial score (nSPS) is 23.0. The summed E-state index contributed by atoms with van der Waals surface area (Å²) in [7, 11) is 0. The zero-order valence-electron chi connectivity index (χ0n) is 10.7. The van der Waals surface area contributed by atoms with Crippen LogP contribution in [-0.4, -0.2) is 37.3 Å². The summed E-state index contributed by atoms with van der Waals surface area (Å²) in [6, 6.07) is 0. The van der Waals surface area contributed by atoms with Crippen LogP contribution in [0.15, 0.2) is 6.33 Å². The first-order chi connectivity index (χ1) is 9.90. The Labute approximate surface area is 116 Å². The molecule has 0 amide bonds. The van der Waals surface area contributed by atoms with Gasteiger partial charge in [-0.05, 0) is 12.8 Å². The van der Waals surface area contributed by atoms with Crippen LogP contribution in [0.25, 0.3) is 11.2 Å². The van der Waals surface area contributed by atoms with E-state index in [9.17, 15) is 13.2 Å². The van der Waals surface area contributed by atoms with Gasteiger partial charge in [0, 0.05) is 0 Å². The molecule has 3 heterocycles. The molecular formula is C11H12F3N5O2. The van der Waals surface area contributed by atoms with Gasteiger partial charge in [-0.25, -0.2) is 15.0 Å². The predicted molar refractivity (Wildman–Crippen MR) is 65.0 cm³/mol. The van der Waals surface area contributed by atoms with Crippen molar-refractivity contribution in [1.29, 1.82) is 0 Å². The highest BCUT2D eigenvalue weighted by Gasteiger charge is 2.36. The fourth-order valence-corrected chi connectivity index (χ4v) is 2.30. The lowest BCUT2D eigenvalue weighted by Crippen LogP contribution is -2.16. The van der Waals surface area contributed by atoms with Gasteiger partial charge < -0.3 is 15.6 Å². The average molecular weight is 303 g/mol. The van der Waals surface area contributed by atoms with Crippen molar-refractivity contribution in [2.24, 2.45) is 0 Å². The molecule has 3 N–H and O–H groups in total. The molecule has 1 fully saturated rings. The first-order valence-electron chi connectivity index (χ1n) is 6.23. The summed E-state index contributed by atoms with van der Waals surface area (Å²) in [5.74, 6) is -1.64. The van der Waals surface area contributed by atoms with E-state index in [0.29, 0.717) is 12.8 Å². The minimum atomic E-state index is -4.69. The van der Waals surface area contributed by atoms with E-state index in [4.69, 9.17) is 15.6 Å². The molecule has 0 unspecified atom stereocenters. The number of nitrogens with zero attached hydrogens (tertiary/aromatic N) is 4. The Hall–Kier alpha value is -1.94. The predicted octanol–water partition coefficient (Wildman–Crippen LogP) is 1.10. The van der Waals surface area contributed by atoms with Crippen LogP contribution in [0.5, 0.6) is 0 Å². The summed E-state index contributed by atoms with van der Waals surface area (Å²) in [4.78, 5) is 10.7. The molecule has 114 valence electrons. The molecule has 2 atom stereocenters. The van der Waals surface area contributed by atoms with Gasteiger partial charge in [-0.15, -0.1) is 0 Å². The van der Waals surface area contributed by atoms with Gasteiger partial charge in [0.2, 0.25) is 5.82 Å². The smallest absolute Gasteiger partial charge is 0.394 e. The molecule has 7 nitrogen and oxygen atoms in total. The first-order valence-corrected chi connectivity index (χ1v) is 6.23. The molecule has 1 aliphatic rings. The van der Waals surface area contributed by atoms with Gasteiger partial charge in [0.1, 0.15) is 11.7 Å². The number of imidazole rings is 1. The zero-order valence-corrected chi connectivity index (χ0v) is 10.7. The van der Waals surface area contributed by atoms with Gasteiger partial charge in [0.25, 0.3) is 0 Å². The number of hydrogen-bond acceptors (Lipinski definition) is 6. The van der Waals surface area contributed by atoms with Crippen LogP contribution in [0.4, 0.5) is 19.0 Å². The van der Waals surface area contributed by atoms with Gasteiger partial charge in [-0.2, -0.15) is 13.2 Å². The van der Waals surface area contributed by atoms with Gasteiger partial charge in [-0.1, -0.05) is 0 Å². The maximum Gasteiger partial charge on any atom is 0.451 e. The topological polar surface area (TPSA) is 99.1 Å². The van der Waals surface area contributed by atoms with Crippen molar-refractivity contribution < 1.29 is 23.0 Å². The Morgan fingerprint density at radius 1 is 1.38 bits per heavy atom. The molecular weight excluding hydrogens is 291 g/mol. The lowest BCUT2D eigenvalue weighted by atomic mass is 10.2. The second-order valence-corrected chi connectivity index (χ2v) is 4.73. The van der Waals surface area contributed by atoms with E-state index < -0.39 is 18.2 Å². The van der Waals surface area contributed by atoms with Crippen LogP contribution in [0.3, 0.4) is 0 Å². The quantitative estimate of drug-likeness (QED) is 0.862. The van der Waals surface area contributed by atoms with Gasteiger partial charge >= 0.3 is 6.18 Å². The Balaban J connectivity index is 2.06. The molecule has 10 heteroatoms. The highest BCUT2D eigenvalue weighted by Crippen LogP contribution is 2.33. The third-order valence-corrected chi connectivity index (χ3v) is 3.30. The van der Waals surface area contributed by atoms with E-state index in [1.165, 1.54) is 10.9 Å². The van der Waals surface area contributed by atoms with Crippen LogP contribution in [-0.2, 0) is 10.9 Å². The Kier molecular flexibility index (Phi) is 3.21. The van der Waals surface area contributed by atoms with E-state index >= 15 is 0 Å². The maximum absolute atomic E-state index is 12.8. The van der Waals surface area contributed by atoms with Crippen LogP contribution in [0.2, 0.25) is 0 Å². The summed E-state index contributed by atoms with van der Waals surface area (Å²) in [6.45, 7) is -0.145. The maximum atomic E-state index is 12.8. The molecule has 0 aliphatic carbocycles. The third-order valence-electron chi connectivity index (χ3n) is 3.30. The number of aliphatic hydroxyl groups is 1. The minimum absolute atomic E-state index is 0.0292. The van der Waals surface area contributed by atoms with Crippen molar-refractivity contribution in [3.05, 3.63) is 12.2 Å². The molecule has 0 saturated carbocycles. The summed E-state index contributed by atoms with van der Waals surface area (Å²) < 4.78 is 45.2. The number of rotatable bonds is 2. The van der Waals surface area contributed by atoms with Crippen molar-refractivity contribution >= 4 is 17.0 Å². The van der Waals surface area contributed by atoms with Gasteiger partial charge in [0.15, 0.2) is 11.5 Å². The van der Waals surface area contributed by atoms with Gasteiger partial charge in [0.05, 0.1) is 19.0 Å². The van der Waals surface area contributed by atoms with Crippen molar-refractivity contribution in [3.63, 3.8) is 0 Å². The third kappa shape index (κ3) is 2.40. The van der Waals surface area contributed by atoms with E-state index in [0.717, 1.165) is 0 Å². The molecule has 3 rings (SSSR count). The fourth-order valence-electron chi connectivity index (χ4n) is 2.30. The minimum Gasteiger partial charge on any atom is -0.394 e. The van der Waals surface area contributed by atoms with E-state index in [2.05, 4.69) is 15.0 Å². The standard InChI is InChI=1S/C11H12F3N5O2/c12-11(13,14)10-17-8(15)7-9(18-10)19(4-16-7)6-2-1-5(3-20)21-6/h4-6,20H,1-3H2,(H2,15,17,18)/t5-,6+/m0/s1. The van der Waals surface area contributed by atoms with Crippen molar-refractivity contribution in [1.82, 2.24) is 19.5 Å². The second-order valence-electron chi connectivity index (χ2n) is 4.73. The molecule has 21 heavy (non-hydrogen) atoms. The van der Waals surface area contributed by atoms with Gasteiger partial charge in [-0.3, -0.25) is 4.57 Å². The highest BCUT2D eigenvalue weighted by molar-refractivity contribution is 5.81. The van der Waals surface area contributed by atoms with Crippen LogP contribution >= 0.6 is 0 Å².